The first-order valence-corrected chi connectivity index (χ1v) is 7.34. The van der Waals surface area contributed by atoms with Crippen LogP contribution in [0.15, 0.2) is 36.9 Å². The van der Waals surface area contributed by atoms with Crippen molar-refractivity contribution in [3.63, 3.8) is 0 Å². The van der Waals surface area contributed by atoms with Crippen LogP contribution in [-0.2, 0) is 0 Å². The Morgan fingerprint density at radius 1 is 1.21 bits per heavy atom. The van der Waals surface area contributed by atoms with Crippen molar-refractivity contribution in [3.8, 4) is 0 Å². The second-order valence-electron chi connectivity index (χ2n) is 5.14. The highest BCUT2D eigenvalue weighted by atomic mass is 15.1. The van der Waals surface area contributed by atoms with Crippen molar-refractivity contribution in [3.05, 3.63) is 42.5 Å². The average molecular weight is 260 g/mol. The molecule has 2 heteroatoms. The Balaban J connectivity index is 2.87. The highest BCUT2D eigenvalue weighted by molar-refractivity contribution is 5.49. The molecule has 0 aliphatic heterocycles. The van der Waals surface area contributed by atoms with E-state index in [-0.39, 0.29) is 0 Å². The third kappa shape index (κ3) is 4.39. The first kappa shape index (κ1) is 15.8. The van der Waals surface area contributed by atoms with Gasteiger partial charge in [-0.1, -0.05) is 32.1 Å². The molecule has 0 heterocycles. The van der Waals surface area contributed by atoms with E-state index in [1.807, 2.05) is 6.08 Å². The van der Waals surface area contributed by atoms with Crippen molar-refractivity contribution >= 4 is 5.69 Å². The lowest BCUT2D eigenvalue weighted by Gasteiger charge is -2.28. The van der Waals surface area contributed by atoms with Crippen LogP contribution in [0.25, 0.3) is 0 Å². The van der Waals surface area contributed by atoms with Gasteiger partial charge in [0.25, 0.3) is 0 Å². The first-order chi connectivity index (χ1) is 9.13. The highest BCUT2D eigenvalue weighted by Gasteiger charge is 2.11. The van der Waals surface area contributed by atoms with Crippen LogP contribution in [0, 0.1) is 0 Å². The fourth-order valence-electron chi connectivity index (χ4n) is 2.40. The maximum Gasteiger partial charge on any atom is 0.0371 e. The van der Waals surface area contributed by atoms with Gasteiger partial charge in [-0.25, -0.2) is 0 Å². The van der Waals surface area contributed by atoms with Gasteiger partial charge in [-0.15, -0.1) is 6.58 Å². The van der Waals surface area contributed by atoms with Gasteiger partial charge in [0, 0.05) is 24.3 Å². The van der Waals surface area contributed by atoms with Crippen molar-refractivity contribution < 1.29 is 0 Å². The summed E-state index contributed by atoms with van der Waals surface area (Å²) in [5, 5.41) is 3.52. The largest absolute Gasteiger partial charge is 0.365 e. The lowest BCUT2D eigenvalue weighted by atomic mass is 10.0. The molecule has 0 radical (unpaired) electrons. The molecule has 106 valence electrons. The van der Waals surface area contributed by atoms with Crippen LogP contribution in [0.5, 0.6) is 0 Å². The topological polar surface area (TPSA) is 15.3 Å². The minimum Gasteiger partial charge on any atom is -0.365 e. The summed E-state index contributed by atoms with van der Waals surface area (Å²) >= 11 is 0. The predicted molar refractivity (Wildman–Crippen MR) is 85.8 cm³/mol. The standard InChI is InChI=1S/C17H28N2/c1-6-13-19(14(4)5)16-11-9-15(10-12-16)17(7-2)18-8-3/h6,9-12,14,17-18H,1,7-8,13H2,2-5H3. The number of nitrogens with zero attached hydrogens (tertiary/aromatic N) is 1. The molecular weight excluding hydrogens is 232 g/mol. The summed E-state index contributed by atoms with van der Waals surface area (Å²) in [6.45, 7) is 14.5. The molecule has 0 aromatic heterocycles. The number of nitrogens with one attached hydrogen (secondary N) is 1. The third-order valence-corrected chi connectivity index (χ3v) is 3.44. The Labute approximate surface area is 118 Å². The molecule has 1 atom stereocenters. The van der Waals surface area contributed by atoms with Crippen molar-refractivity contribution in [2.24, 2.45) is 0 Å². The van der Waals surface area contributed by atoms with E-state index in [1.54, 1.807) is 0 Å². The summed E-state index contributed by atoms with van der Waals surface area (Å²) in [5.74, 6) is 0. The van der Waals surface area contributed by atoms with E-state index in [0.717, 1.165) is 19.5 Å². The Kier molecular flexibility index (Phi) is 6.65. The Hall–Kier alpha value is -1.28. The molecule has 1 rings (SSSR count). The zero-order chi connectivity index (χ0) is 14.3. The minimum atomic E-state index is 0.464. The average Bonchev–Trinajstić information content (AvgIpc) is 2.42. The van der Waals surface area contributed by atoms with Crippen molar-refractivity contribution in [2.75, 3.05) is 18.0 Å². The molecule has 0 bridgehead atoms. The Bertz CT molecular complexity index is 367. The SMILES string of the molecule is C=CCN(c1ccc(C(CC)NCC)cc1)C(C)C. The van der Waals surface area contributed by atoms with Crippen LogP contribution in [-0.4, -0.2) is 19.1 Å². The number of hydrogen-bond acceptors (Lipinski definition) is 2. The van der Waals surface area contributed by atoms with E-state index < -0.39 is 0 Å². The molecular formula is C17H28N2. The maximum absolute atomic E-state index is 3.84. The molecule has 1 N–H and O–H groups in total. The van der Waals surface area contributed by atoms with E-state index in [1.165, 1.54) is 11.3 Å². The summed E-state index contributed by atoms with van der Waals surface area (Å²) in [4.78, 5) is 2.35. The number of rotatable bonds is 8. The smallest absolute Gasteiger partial charge is 0.0371 e. The van der Waals surface area contributed by atoms with Crippen molar-refractivity contribution in [1.82, 2.24) is 5.32 Å². The van der Waals surface area contributed by atoms with Gasteiger partial charge in [0.2, 0.25) is 0 Å². The van der Waals surface area contributed by atoms with Gasteiger partial charge in [0.05, 0.1) is 0 Å². The van der Waals surface area contributed by atoms with Crippen molar-refractivity contribution in [1.29, 1.82) is 0 Å². The second kappa shape index (κ2) is 8.00. The summed E-state index contributed by atoms with van der Waals surface area (Å²) in [5.41, 5.74) is 2.64. The fraction of sp³-hybridized carbons (Fsp3) is 0.529. The molecule has 0 aliphatic rings. The number of anilines is 1. The van der Waals surface area contributed by atoms with Crippen LogP contribution >= 0.6 is 0 Å². The molecule has 0 amide bonds. The number of benzene rings is 1. The predicted octanol–water partition coefficient (Wildman–Crippen LogP) is 4.15. The zero-order valence-corrected chi connectivity index (χ0v) is 12.8. The summed E-state index contributed by atoms with van der Waals surface area (Å²) in [6, 6.07) is 9.87. The van der Waals surface area contributed by atoms with Gasteiger partial charge in [0.1, 0.15) is 0 Å². The summed E-state index contributed by atoms with van der Waals surface area (Å²) < 4.78 is 0. The fourth-order valence-corrected chi connectivity index (χ4v) is 2.40. The quantitative estimate of drug-likeness (QED) is 0.706. The minimum absolute atomic E-state index is 0.464. The van der Waals surface area contributed by atoms with Crippen LogP contribution in [0.1, 0.15) is 45.7 Å². The zero-order valence-electron chi connectivity index (χ0n) is 12.8. The Morgan fingerprint density at radius 3 is 2.26 bits per heavy atom. The normalized spacial score (nSPS) is 12.5. The molecule has 0 fully saturated rings. The van der Waals surface area contributed by atoms with Crippen LogP contribution in [0.2, 0.25) is 0 Å². The second-order valence-corrected chi connectivity index (χ2v) is 5.14. The molecule has 2 nitrogen and oxygen atoms in total. The molecule has 1 aromatic carbocycles. The van der Waals surface area contributed by atoms with Gasteiger partial charge in [0.15, 0.2) is 0 Å². The van der Waals surface area contributed by atoms with Gasteiger partial charge < -0.3 is 10.2 Å². The molecule has 0 saturated heterocycles. The molecule has 0 spiro atoms. The van der Waals surface area contributed by atoms with E-state index in [2.05, 4.69) is 68.8 Å². The highest BCUT2D eigenvalue weighted by Crippen LogP contribution is 2.22. The third-order valence-electron chi connectivity index (χ3n) is 3.44. The first-order valence-electron chi connectivity index (χ1n) is 7.34. The van der Waals surface area contributed by atoms with Gasteiger partial charge in [-0.2, -0.15) is 0 Å². The molecule has 0 saturated carbocycles. The maximum atomic E-state index is 3.84. The van der Waals surface area contributed by atoms with E-state index in [0.29, 0.717) is 12.1 Å². The van der Waals surface area contributed by atoms with Gasteiger partial charge >= 0.3 is 0 Å². The lowest BCUT2D eigenvalue weighted by Crippen LogP contribution is -2.30. The molecule has 19 heavy (non-hydrogen) atoms. The summed E-state index contributed by atoms with van der Waals surface area (Å²) in [7, 11) is 0. The Morgan fingerprint density at radius 2 is 1.84 bits per heavy atom. The van der Waals surface area contributed by atoms with Crippen LogP contribution in [0.3, 0.4) is 0 Å². The van der Waals surface area contributed by atoms with Crippen LogP contribution < -0.4 is 10.2 Å². The van der Waals surface area contributed by atoms with Gasteiger partial charge in [-0.3, -0.25) is 0 Å². The van der Waals surface area contributed by atoms with E-state index in [4.69, 9.17) is 0 Å². The molecule has 0 aliphatic carbocycles. The monoisotopic (exact) mass is 260 g/mol. The molecule has 1 aromatic rings. The van der Waals surface area contributed by atoms with E-state index >= 15 is 0 Å². The number of hydrogen-bond donors (Lipinski definition) is 1. The molecule has 1 unspecified atom stereocenters. The van der Waals surface area contributed by atoms with E-state index in [9.17, 15) is 0 Å². The summed E-state index contributed by atoms with van der Waals surface area (Å²) in [6.07, 6.45) is 3.08. The lowest BCUT2D eigenvalue weighted by molar-refractivity contribution is 0.537. The van der Waals surface area contributed by atoms with Crippen LogP contribution in [0.4, 0.5) is 5.69 Å². The van der Waals surface area contributed by atoms with Crippen molar-refractivity contribution in [2.45, 2.75) is 46.2 Å². The van der Waals surface area contributed by atoms with Gasteiger partial charge in [-0.05, 0) is 44.5 Å².